The third kappa shape index (κ3) is 3.33. The van der Waals surface area contributed by atoms with Gasteiger partial charge in [-0.2, -0.15) is 0 Å². The number of amides is 1. The molecule has 0 radical (unpaired) electrons. The van der Waals surface area contributed by atoms with Crippen LogP contribution in [-0.4, -0.2) is 18.5 Å². The average molecular weight is 246 g/mol. The summed E-state index contributed by atoms with van der Waals surface area (Å²) in [5, 5.41) is 2.99. The summed E-state index contributed by atoms with van der Waals surface area (Å²) in [6.45, 7) is 2.77. The van der Waals surface area contributed by atoms with Gasteiger partial charge in [-0.1, -0.05) is 37.3 Å². The zero-order valence-electron chi connectivity index (χ0n) is 10.9. The van der Waals surface area contributed by atoms with Crippen molar-refractivity contribution in [2.75, 3.05) is 6.54 Å². The number of hydrogen-bond acceptors (Lipinski definition) is 2. The van der Waals surface area contributed by atoms with Gasteiger partial charge in [0.2, 0.25) is 5.91 Å². The van der Waals surface area contributed by atoms with Crippen LogP contribution in [0.2, 0.25) is 0 Å². The second-order valence-corrected chi connectivity index (χ2v) is 5.11. The Morgan fingerprint density at radius 1 is 1.44 bits per heavy atom. The van der Waals surface area contributed by atoms with Crippen molar-refractivity contribution in [3.05, 3.63) is 35.9 Å². The molecule has 2 rings (SSSR count). The number of benzene rings is 1. The van der Waals surface area contributed by atoms with E-state index in [4.69, 9.17) is 5.73 Å². The average Bonchev–Trinajstić information content (AvgIpc) is 3.19. The fourth-order valence-electron chi connectivity index (χ4n) is 2.27. The fourth-order valence-corrected chi connectivity index (χ4v) is 2.27. The highest BCUT2D eigenvalue weighted by molar-refractivity contribution is 5.82. The minimum absolute atomic E-state index is 0.172. The van der Waals surface area contributed by atoms with Gasteiger partial charge < -0.3 is 11.1 Å². The summed E-state index contributed by atoms with van der Waals surface area (Å²) in [7, 11) is 0. The molecule has 18 heavy (non-hydrogen) atoms. The maximum absolute atomic E-state index is 11.9. The number of nitrogens with two attached hydrogens (primary N) is 1. The lowest BCUT2D eigenvalue weighted by atomic mass is 10.1. The minimum Gasteiger partial charge on any atom is -0.356 e. The first-order chi connectivity index (χ1) is 8.72. The molecule has 0 heterocycles. The molecule has 3 atom stereocenters. The van der Waals surface area contributed by atoms with Crippen molar-refractivity contribution in [2.45, 2.75) is 38.1 Å². The van der Waals surface area contributed by atoms with E-state index < -0.39 is 0 Å². The minimum atomic E-state index is 0.172. The standard InChI is InChI=1S/C15H22N2O/c1-2-12(16)8-9-17-15(18)14-10-13(14)11-6-4-3-5-7-11/h3-7,12-14H,2,8-10,16H2,1H3,(H,17,18). The van der Waals surface area contributed by atoms with Crippen molar-refractivity contribution >= 4 is 5.91 Å². The Morgan fingerprint density at radius 3 is 2.83 bits per heavy atom. The number of nitrogens with one attached hydrogen (secondary N) is 1. The summed E-state index contributed by atoms with van der Waals surface area (Å²) in [6, 6.07) is 10.5. The van der Waals surface area contributed by atoms with Crippen molar-refractivity contribution in [2.24, 2.45) is 11.7 Å². The van der Waals surface area contributed by atoms with E-state index >= 15 is 0 Å². The number of rotatable bonds is 6. The van der Waals surface area contributed by atoms with Crippen LogP contribution in [0.25, 0.3) is 0 Å². The monoisotopic (exact) mass is 246 g/mol. The summed E-state index contributed by atoms with van der Waals surface area (Å²) >= 11 is 0. The fraction of sp³-hybridized carbons (Fsp3) is 0.533. The smallest absolute Gasteiger partial charge is 0.223 e. The maximum atomic E-state index is 11.9. The molecule has 98 valence electrons. The van der Waals surface area contributed by atoms with Gasteiger partial charge in [0.25, 0.3) is 0 Å². The summed E-state index contributed by atoms with van der Waals surface area (Å²) in [4.78, 5) is 11.9. The van der Waals surface area contributed by atoms with Crippen LogP contribution in [0.5, 0.6) is 0 Å². The molecular formula is C15H22N2O. The highest BCUT2D eigenvalue weighted by atomic mass is 16.2. The van der Waals surface area contributed by atoms with Gasteiger partial charge in [0, 0.05) is 18.5 Å². The molecule has 1 aromatic rings. The first kappa shape index (κ1) is 13.1. The zero-order valence-corrected chi connectivity index (χ0v) is 10.9. The summed E-state index contributed by atoms with van der Waals surface area (Å²) < 4.78 is 0. The summed E-state index contributed by atoms with van der Waals surface area (Å²) in [6.07, 6.45) is 2.81. The molecule has 1 fully saturated rings. The Hall–Kier alpha value is -1.35. The lowest BCUT2D eigenvalue weighted by Crippen LogP contribution is -2.31. The number of carbonyl (C=O) groups excluding carboxylic acids is 1. The topological polar surface area (TPSA) is 55.1 Å². The van der Waals surface area contributed by atoms with Crippen LogP contribution < -0.4 is 11.1 Å². The van der Waals surface area contributed by atoms with Crippen molar-refractivity contribution in [3.8, 4) is 0 Å². The molecule has 1 aliphatic carbocycles. The van der Waals surface area contributed by atoms with Crippen LogP contribution in [0.15, 0.2) is 30.3 Å². The first-order valence-electron chi connectivity index (χ1n) is 6.80. The van der Waals surface area contributed by atoms with Gasteiger partial charge in [0.1, 0.15) is 0 Å². The van der Waals surface area contributed by atoms with Gasteiger partial charge in [-0.15, -0.1) is 0 Å². The second kappa shape index (κ2) is 6.01. The van der Waals surface area contributed by atoms with E-state index in [1.54, 1.807) is 0 Å². The molecule has 0 spiro atoms. The molecule has 1 aliphatic rings. The maximum Gasteiger partial charge on any atom is 0.223 e. The van der Waals surface area contributed by atoms with Crippen molar-refractivity contribution in [1.82, 2.24) is 5.32 Å². The van der Waals surface area contributed by atoms with Crippen LogP contribution >= 0.6 is 0 Å². The van der Waals surface area contributed by atoms with Crippen LogP contribution in [0.3, 0.4) is 0 Å². The molecule has 0 aliphatic heterocycles. The zero-order chi connectivity index (χ0) is 13.0. The van der Waals surface area contributed by atoms with Gasteiger partial charge in [0.15, 0.2) is 0 Å². The largest absolute Gasteiger partial charge is 0.356 e. The van der Waals surface area contributed by atoms with E-state index in [9.17, 15) is 4.79 Å². The van der Waals surface area contributed by atoms with E-state index in [0.717, 1.165) is 19.3 Å². The number of carbonyl (C=O) groups is 1. The summed E-state index contributed by atoms with van der Waals surface area (Å²) in [5.74, 6) is 0.781. The van der Waals surface area contributed by atoms with Crippen LogP contribution in [-0.2, 0) is 4.79 Å². The third-order valence-electron chi connectivity index (χ3n) is 3.69. The Balaban J connectivity index is 1.73. The van der Waals surface area contributed by atoms with E-state index in [-0.39, 0.29) is 17.9 Å². The molecule has 1 aromatic carbocycles. The predicted molar refractivity (Wildman–Crippen MR) is 73.2 cm³/mol. The first-order valence-corrected chi connectivity index (χ1v) is 6.80. The molecule has 3 N–H and O–H groups in total. The molecule has 0 bridgehead atoms. The Kier molecular flexibility index (Phi) is 4.37. The molecule has 1 amide bonds. The van der Waals surface area contributed by atoms with Gasteiger partial charge in [0.05, 0.1) is 0 Å². The van der Waals surface area contributed by atoms with Gasteiger partial charge in [-0.05, 0) is 30.7 Å². The Bertz CT molecular complexity index is 391. The van der Waals surface area contributed by atoms with E-state index in [0.29, 0.717) is 12.5 Å². The molecule has 0 saturated heterocycles. The molecule has 3 nitrogen and oxygen atoms in total. The number of hydrogen-bond donors (Lipinski definition) is 2. The van der Waals surface area contributed by atoms with Crippen LogP contribution in [0, 0.1) is 5.92 Å². The molecule has 3 heteroatoms. The van der Waals surface area contributed by atoms with Crippen molar-refractivity contribution in [1.29, 1.82) is 0 Å². The van der Waals surface area contributed by atoms with Gasteiger partial charge in [-0.25, -0.2) is 0 Å². The van der Waals surface area contributed by atoms with Gasteiger partial charge >= 0.3 is 0 Å². The SMILES string of the molecule is CCC(N)CCNC(=O)C1CC1c1ccccc1. The lowest BCUT2D eigenvalue weighted by Gasteiger charge is -2.09. The highest BCUT2D eigenvalue weighted by Crippen LogP contribution is 2.47. The normalized spacial score (nSPS) is 23.4. The molecule has 0 aromatic heterocycles. The second-order valence-electron chi connectivity index (χ2n) is 5.11. The van der Waals surface area contributed by atoms with E-state index in [1.807, 2.05) is 18.2 Å². The Labute approximate surface area is 109 Å². The quantitative estimate of drug-likeness (QED) is 0.807. The molecular weight excluding hydrogens is 224 g/mol. The van der Waals surface area contributed by atoms with Crippen molar-refractivity contribution < 1.29 is 4.79 Å². The van der Waals surface area contributed by atoms with E-state index in [1.165, 1.54) is 5.56 Å². The third-order valence-corrected chi connectivity index (χ3v) is 3.69. The van der Waals surface area contributed by atoms with Crippen LogP contribution in [0.4, 0.5) is 0 Å². The van der Waals surface area contributed by atoms with Crippen LogP contribution in [0.1, 0.15) is 37.7 Å². The predicted octanol–water partition coefficient (Wildman–Crippen LogP) is 2.03. The highest BCUT2D eigenvalue weighted by Gasteiger charge is 2.43. The lowest BCUT2D eigenvalue weighted by molar-refractivity contribution is -0.122. The molecule has 3 unspecified atom stereocenters. The molecule has 1 saturated carbocycles. The Morgan fingerprint density at radius 2 is 2.17 bits per heavy atom. The van der Waals surface area contributed by atoms with Crippen molar-refractivity contribution in [3.63, 3.8) is 0 Å². The van der Waals surface area contributed by atoms with E-state index in [2.05, 4.69) is 24.4 Å². The summed E-state index contributed by atoms with van der Waals surface area (Å²) in [5.41, 5.74) is 7.10. The van der Waals surface area contributed by atoms with Gasteiger partial charge in [-0.3, -0.25) is 4.79 Å².